The number of ether oxygens (including phenoxy) is 1. The summed E-state index contributed by atoms with van der Waals surface area (Å²) in [6.45, 7) is 1.79. The summed E-state index contributed by atoms with van der Waals surface area (Å²) in [5.41, 5.74) is 5.34. The minimum absolute atomic E-state index is 0.0940. The third kappa shape index (κ3) is 2.43. The molecule has 2 rings (SSSR count). The van der Waals surface area contributed by atoms with Crippen LogP contribution in [0, 0.1) is 0 Å². The van der Waals surface area contributed by atoms with Crippen LogP contribution in [0.5, 0.6) is 5.75 Å². The molecule has 0 fully saturated rings. The summed E-state index contributed by atoms with van der Waals surface area (Å²) < 4.78 is 10.4. The van der Waals surface area contributed by atoms with Crippen LogP contribution in [0.4, 0.5) is 5.95 Å². The highest BCUT2D eigenvalue weighted by atomic mass is 35.5. The Morgan fingerprint density at radius 2 is 2.31 bits per heavy atom. The van der Waals surface area contributed by atoms with E-state index in [9.17, 15) is 0 Å². The maximum Gasteiger partial charge on any atom is 0.268 e. The number of aromatic nitrogens is 2. The first-order chi connectivity index (χ1) is 7.65. The second-order valence-electron chi connectivity index (χ2n) is 3.21. The normalized spacial score (nSPS) is 12.4. The molecule has 0 radical (unpaired) electrons. The smallest absolute Gasteiger partial charge is 0.268 e. The average molecular weight is 240 g/mol. The maximum atomic E-state index is 5.83. The summed E-state index contributed by atoms with van der Waals surface area (Å²) in [4.78, 5) is 3.87. The second kappa shape index (κ2) is 4.40. The maximum absolute atomic E-state index is 5.83. The Hall–Kier alpha value is -1.75. The molecule has 1 aromatic carbocycles. The van der Waals surface area contributed by atoms with E-state index >= 15 is 0 Å². The van der Waals surface area contributed by atoms with Crippen molar-refractivity contribution in [1.82, 2.24) is 10.1 Å². The number of nitrogen functional groups attached to an aromatic ring is 1. The quantitative estimate of drug-likeness (QED) is 0.891. The molecule has 0 saturated heterocycles. The van der Waals surface area contributed by atoms with Crippen LogP contribution in [-0.2, 0) is 0 Å². The van der Waals surface area contributed by atoms with Gasteiger partial charge in [-0.25, -0.2) is 0 Å². The molecule has 2 aromatic rings. The Balaban J connectivity index is 2.10. The van der Waals surface area contributed by atoms with Crippen LogP contribution in [-0.4, -0.2) is 10.1 Å². The summed E-state index contributed by atoms with van der Waals surface area (Å²) in [5.74, 6) is 1.06. The van der Waals surface area contributed by atoms with E-state index in [1.165, 1.54) is 0 Å². The number of rotatable bonds is 3. The first kappa shape index (κ1) is 10.8. The van der Waals surface area contributed by atoms with Gasteiger partial charge in [-0.2, -0.15) is 4.98 Å². The molecular weight excluding hydrogens is 230 g/mol. The highest BCUT2D eigenvalue weighted by Crippen LogP contribution is 2.23. The molecule has 0 aliphatic heterocycles. The van der Waals surface area contributed by atoms with Gasteiger partial charge in [0.1, 0.15) is 5.75 Å². The lowest BCUT2D eigenvalue weighted by Crippen LogP contribution is -2.03. The Bertz CT molecular complexity index is 486. The van der Waals surface area contributed by atoms with Gasteiger partial charge in [-0.15, -0.1) is 0 Å². The average Bonchev–Trinajstić information content (AvgIpc) is 2.65. The molecule has 0 spiro atoms. The van der Waals surface area contributed by atoms with Crippen LogP contribution in [0.1, 0.15) is 18.9 Å². The predicted molar refractivity (Wildman–Crippen MR) is 59.2 cm³/mol. The molecule has 1 atom stereocenters. The van der Waals surface area contributed by atoms with Gasteiger partial charge in [0, 0.05) is 5.02 Å². The van der Waals surface area contributed by atoms with Gasteiger partial charge in [0.2, 0.25) is 0 Å². The van der Waals surface area contributed by atoms with Gasteiger partial charge >= 0.3 is 0 Å². The van der Waals surface area contributed by atoms with Crippen LogP contribution >= 0.6 is 11.6 Å². The van der Waals surface area contributed by atoms with Crippen molar-refractivity contribution in [1.29, 1.82) is 0 Å². The van der Waals surface area contributed by atoms with E-state index in [2.05, 4.69) is 10.1 Å². The van der Waals surface area contributed by atoms with Crippen molar-refractivity contribution in [2.24, 2.45) is 0 Å². The summed E-state index contributed by atoms with van der Waals surface area (Å²) in [5, 5.41) is 4.09. The lowest BCUT2D eigenvalue weighted by Gasteiger charge is -2.10. The molecule has 6 heteroatoms. The van der Waals surface area contributed by atoms with Gasteiger partial charge in [-0.3, -0.25) is 0 Å². The van der Waals surface area contributed by atoms with Gasteiger partial charge in [0.15, 0.2) is 6.10 Å². The molecule has 2 N–H and O–H groups in total. The zero-order valence-electron chi connectivity index (χ0n) is 8.55. The van der Waals surface area contributed by atoms with Gasteiger partial charge in [0.05, 0.1) is 0 Å². The lowest BCUT2D eigenvalue weighted by molar-refractivity contribution is 0.176. The van der Waals surface area contributed by atoms with Crippen molar-refractivity contribution in [2.75, 3.05) is 5.73 Å². The van der Waals surface area contributed by atoms with Gasteiger partial charge in [-0.05, 0) is 30.3 Å². The molecule has 1 aromatic heterocycles. The SMILES string of the molecule is CC(Oc1cccc(Cl)c1)c1nc(N)no1. The number of nitrogens with two attached hydrogens (primary N) is 1. The zero-order valence-corrected chi connectivity index (χ0v) is 9.31. The number of hydrogen-bond acceptors (Lipinski definition) is 5. The molecule has 84 valence electrons. The molecular formula is C10H10ClN3O2. The highest BCUT2D eigenvalue weighted by molar-refractivity contribution is 6.30. The van der Waals surface area contributed by atoms with E-state index in [4.69, 9.17) is 26.6 Å². The number of hydrogen-bond donors (Lipinski definition) is 1. The molecule has 0 saturated carbocycles. The van der Waals surface area contributed by atoms with Crippen molar-refractivity contribution in [2.45, 2.75) is 13.0 Å². The monoisotopic (exact) mass is 239 g/mol. The van der Waals surface area contributed by atoms with Crippen LogP contribution in [0.15, 0.2) is 28.8 Å². The van der Waals surface area contributed by atoms with Crippen molar-refractivity contribution in [3.8, 4) is 5.75 Å². The molecule has 0 amide bonds. The highest BCUT2D eigenvalue weighted by Gasteiger charge is 2.14. The van der Waals surface area contributed by atoms with Crippen LogP contribution < -0.4 is 10.5 Å². The Morgan fingerprint density at radius 1 is 1.50 bits per heavy atom. The fourth-order valence-corrected chi connectivity index (χ4v) is 1.39. The molecule has 1 heterocycles. The van der Waals surface area contributed by atoms with E-state index in [1.807, 2.05) is 0 Å². The first-order valence-corrected chi connectivity index (χ1v) is 5.04. The molecule has 5 nitrogen and oxygen atoms in total. The Kier molecular flexibility index (Phi) is 2.96. The minimum atomic E-state index is -0.372. The Morgan fingerprint density at radius 3 is 2.94 bits per heavy atom. The van der Waals surface area contributed by atoms with Crippen molar-refractivity contribution in [3.63, 3.8) is 0 Å². The van der Waals surface area contributed by atoms with Crippen molar-refractivity contribution < 1.29 is 9.26 Å². The van der Waals surface area contributed by atoms with Crippen LogP contribution in [0.2, 0.25) is 5.02 Å². The third-order valence-electron chi connectivity index (χ3n) is 1.91. The number of benzene rings is 1. The summed E-state index contributed by atoms with van der Waals surface area (Å²) in [6, 6.07) is 7.07. The second-order valence-corrected chi connectivity index (χ2v) is 3.64. The van der Waals surface area contributed by atoms with E-state index in [1.54, 1.807) is 31.2 Å². The molecule has 0 bridgehead atoms. The number of anilines is 1. The van der Waals surface area contributed by atoms with Crippen molar-refractivity contribution in [3.05, 3.63) is 35.2 Å². The molecule has 1 unspecified atom stereocenters. The molecule has 0 aliphatic carbocycles. The van der Waals surface area contributed by atoms with Gasteiger partial charge in [-0.1, -0.05) is 17.7 Å². The standard InChI is InChI=1S/C10H10ClN3O2/c1-6(9-13-10(12)14-16-9)15-8-4-2-3-7(11)5-8/h2-6H,1H3,(H2,12,14). The van der Waals surface area contributed by atoms with Gasteiger partial charge < -0.3 is 15.0 Å². The third-order valence-corrected chi connectivity index (χ3v) is 2.15. The van der Waals surface area contributed by atoms with E-state index in [0.717, 1.165) is 0 Å². The van der Waals surface area contributed by atoms with Crippen molar-refractivity contribution >= 4 is 17.5 Å². The van der Waals surface area contributed by atoms with Gasteiger partial charge in [0.25, 0.3) is 11.8 Å². The number of halogens is 1. The summed E-state index contributed by atoms with van der Waals surface area (Å²) in [7, 11) is 0. The zero-order chi connectivity index (χ0) is 11.5. The predicted octanol–water partition coefficient (Wildman–Crippen LogP) is 2.45. The number of nitrogens with zero attached hydrogens (tertiary/aromatic N) is 2. The van der Waals surface area contributed by atoms with Crippen LogP contribution in [0.3, 0.4) is 0 Å². The topological polar surface area (TPSA) is 74.2 Å². The molecule has 16 heavy (non-hydrogen) atoms. The largest absolute Gasteiger partial charge is 0.481 e. The Labute approximate surface area is 97.2 Å². The lowest BCUT2D eigenvalue weighted by atomic mass is 10.3. The van der Waals surface area contributed by atoms with Crippen LogP contribution in [0.25, 0.3) is 0 Å². The van der Waals surface area contributed by atoms with E-state index in [-0.39, 0.29) is 12.1 Å². The fraction of sp³-hybridized carbons (Fsp3) is 0.200. The fourth-order valence-electron chi connectivity index (χ4n) is 1.21. The van der Waals surface area contributed by atoms with E-state index in [0.29, 0.717) is 16.7 Å². The minimum Gasteiger partial charge on any atom is -0.481 e. The summed E-state index contributed by atoms with van der Waals surface area (Å²) >= 11 is 5.83. The summed E-state index contributed by atoms with van der Waals surface area (Å²) in [6.07, 6.45) is -0.372. The molecule has 0 aliphatic rings. The van der Waals surface area contributed by atoms with E-state index < -0.39 is 0 Å². The first-order valence-electron chi connectivity index (χ1n) is 4.66.